The lowest BCUT2D eigenvalue weighted by atomic mass is 10.1. The maximum absolute atomic E-state index is 5.62. The highest BCUT2D eigenvalue weighted by Gasteiger charge is 2.21. The molecule has 3 heterocycles. The lowest BCUT2D eigenvalue weighted by Gasteiger charge is -2.08. The first kappa shape index (κ1) is 14.4. The van der Waals surface area contributed by atoms with Crippen LogP contribution in [0.2, 0.25) is 0 Å². The number of aromatic nitrogens is 3. The summed E-state index contributed by atoms with van der Waals surface area (Å²) in [5, 5.41) is 2.44. The van der Waals surface area contributed by atoms with Crippen molar-refractivity contribution >= 4 is 27.6 Å². The molecule has 0 spiro atoms. The minimum absolute atomic E-state index is 0.589. The topological polar surface area (TPSA) is 35.4 Å². The highest BCUT2D eigenvalue weighted by atomic mass is 16.3. The van der Waals surface area contributed by atoms with E-state index >= 15 is 0 Å². The third kappa shape index (κ3) is 1.95. The van der Waals surface area contributed by atoms with Crippen LogP contribution < -0.4 is 0 Å². The Balaban J connectivity index is 1.81. The van der Waals surface area contributed by atoms with Crippen molar-refractivity contribution in [3.63, 3.8) is 0 Å². The normalized spacial score (nSPS) is 11.7. The van der Waals surface area contributed by atoms with Crippen LogP contribution in [0, 0.1) is 0 Å². The molecular weight excluding hydrogens is 334 g/mol. The van der Waals surface area contributed by atoms with E-state index in [9.17, 15) is 0 Å². The van der Waals surface area contributed by atoms with E-state index in [1.165, 1.54) is 10.8 Å². The highest BCUT2D eigenvalue weighted by Crippen LogP contribution is 2.36. The maximum Gasteiger partial charge on any atom is 0.308 e. The Morgan fingerprint density at radius 3 is 2.04 bits per heavy atom. The van der Waals surface area contributed by atoms with Gasteiger partial charge >= 0.3 is 5.84 Å². The molecule has 4 nitrogen and oxygen atoms in total. The molecule has 0 N–H and O–H groups in total. The average molecular weight is 349 g/mol. The lowest BCUT2D eigenvalue weighted by molar-refractivity contribution is 0.595. The van der Waals surface area contributed by atoms with Crippen molar-refractivity contribution in [2.75, 3.05) is 0 Å². The van der Waals surface area contributed by atoms with Crippen molar-refractivity contribution in [3.05, 3.63) is 91.3 Å². The Bertz CT molecular complexity index is 1370. The molecular formula is C23H15N3O. The molecule has 0 unspecified atom stereocenters. The van der Waals surface area contributed by atoms with Gasteiger partial charge < -0.3 is 4.42 Å². The first-order chi connectivity index (χ1) is 13.4. The van der Waals surface area contributed by atoms with Crippen molar-refractivity contribution in [2.24, 2.45) is 0 Å². The molecule has 128 valence electrons. The fraction of sp³-hybridized carbons (Fsp3) is 0. The number of hydrogen-bond donors (Lipinski definition) is 0. The zero-order valence-corrected chi connectivity index (χ0v) is 14.4. The summed E-state index contributed by atoms with van der Waals surface area (Å²) < 4.78 is 9.86. The molecule has 0 saturated carbocycles. The van der Waals surface area contributed by atoms with E-state index < -0.39 is 0 Å². The molecule has 0 saturated heterocycles. The van der Waals surface area contributed by atoms with E-state index in [2.05, 4.69) is 65.2 Å². The van der Waals surface area contributed by atoms with Gasteiger partial charge in [-0.25, -0.2) is 0 Å². The fourth-order valence-corrected chi connectivity index (χ4v) is 3.95. The smallest absolute Gasteiger partial charge is 0.308 e. The van der Waals surface area contributed by atoms with Crippen LogP contribution in [-0.4, -0.2) is 14.0 Å². The van der Waals surface area contributed by atoms with Gasteiger partial charge in [-0.3, -0.25) is 8.97 Å². The summed E-state index contributed by atoms with van der Waals surface area (Å²) in [5.74, 6) is 1.46. The van der Waals surface area contributed by atoms with Crippen molar-refractivity contribution in [3.8, 4) is 17.1 Å². The van der Waals surface area contributed by atoms with Crippen LogP contribution in [0.15, 0.2) is 95.7 Å². The van der Waals surface area contributed by atoms with Crippen LogP contribution >= 0.6 is 0 Å². The number of rotatable bonds is 2. The maximum atomic E-state index is 5.62. The number of hydrogen-bond acceptors (Lipinski definition) is 2. The highest BCUT2D eigenvalue weighted by molar-refractivity contribution is 6.09. The first-order valence-electron chi connectivity index (χ1n) is 8.91. The molecule has 0 aliphatic heterocycles. The summed E-state index contributed by atoms with van der Waals surface area (Å²) in [6, 6.07) is 27.2. The monoisotopic (exact) mass is 349 g/mol. The van der Waals surface area contributed by atoms with E-state index in [4.69, 9.17) is 9.40 Å². The summed E-state index contributed by atoms with van der Waals surface area (Å²) in [6.45, 7) is 0. The van der Waals surface area contributed by atoms with Crippen molar-refractivity contribution < 1.29 is 4.42 Å². The molecule has 0 radical (unpaired) electrons. The third-order valence-corrected chi connectivity index (χ3v) is 5.08. The zero-order chi connectivity index (χ0) is 17.8. The van der Waals surface area contributed by atoms with Crippen molar-refractivity contribution in [2.45, 2.75) is 0 Å². The first-order valence-corrected chi connectivity index (χ1v) is 8.91. The van der Waals surface area contributed by atoms with Gasteiger partial charge in [0.1, 0.15) is 12.0 Å². The molecule has 6 rings (SSSR count). The summed E-state index contributed by atoms with van der Waals surface area (Å²) in [7, 11) is 0. The Hall–Kier alpha value is -3.79. The minimum atomic E-state index is 0.589. The van der Waals surface area contributed by atoms with E-state index in [0.717, 1.165) is 28.1 Å². The lowest BCUT2D eigenvalue weighted by Crippen LogP contribution is -1.97. The van der Waals surface area contributed by atoms with Crippen LogP contribution in [0.25, 0.3) is 44.7 Å². The molecule has 0 aliphatic carbocycles. The molecule has 0 amide bonds. The average Bonchev–Trinajstić information content (AvgIpc) is 3.39. The molecule has 0 atom stereocenters. The summed E-state index contributed by atoms with van der Waals surface area (Å²) >= 11 is 0. The summed E-state index contributed by atoms with van der Waals surface area (Å²) in [6.07, 6.45) is 3.59. The van der Waals surface area contributed by atoms with Crippen LogP contribution in [-0.2, 0) is 0 Å². The van der Waals surface area contributed by atoms with Crippen LogP contribution in [0.1, 0.15) is 0 Å². The molecule has 27 heavy (non-hydrogen) atoms. The van der Waals surface area contributed by atoms with Crippen LogP contribution in [0.4, 0.5) is 0 Å². The molecule has 3 aromatic heterocycles. The predicted molar refractivity (Wildman–Crippen MR) is 107 cm³/mol. The van der Waals surface area contributed by atoms with Crippen molar-refractivity contribution in [1.82, 2.24) is 14.0 Å². The van der Waals surface area contributed by atoms with Crippen LogP contribution in [0.3, 0.4) is 0 Å². The largest absolute Gasteiger partial charge is 0.432 e. The fourth-order valence-electron chi connectivity index (χ4n) is 3.95. The number of benzene rings is 3. The van der Waals surface area contributed by atoms with Gasteiger partial charge in [0.05, 0.1) is 11.0 Å². The number of nitrogens with zero attached hydrogens (tertiary/aromatic N) is 3. The molecule has 0 aliphatic rings. The van der Waals surface area contributed by atoms with Gasteiger partial charge in [0.2, 0.25) is 0 Å². The second kappa shape index (κ2) is 5.35. The summed E-state index contributed by atoms with van der Waals surface area (Å²) in [4.78, 5) is 4.85. The Labute approximate surface area is 154 Å². The molecule has 0 bridgehead atoms. The van der Waals surface area contributed by atoms with Gasteiger partial charge in [0, 0.05) is 22.5 Å². The number of oxazole rings is 1. The van der Waals surface area contributed by atoms with Gasteiger partial charge in [-0.05, 0) is 12.1 Å². The van der Waals surface area contributed by atoms with Gasteiger partial charge in [0.25, 0.3) is 0 Å². The number of fused-ring (bicyclic) bond motifs is 4. The third-order valence-electron chi connectivity index (χ3n) is 5.08. The standard InChI is InChI=1S/C23H15N3O/c1-2-8-16(9-3-1)21-22(24-23-25(21)14-15-27-23)26-19-12-6-4-10-17(19)18-11-5-7-13-20(18)26/h1-15H. The zero-order valence-electron chi connectivity index (χ0n) is 14.4. The van der Waals surface area contributed by atoms with Gasteiger partial charge in [-0.15, -0.1) is 0 Å². The van der Waals surface area contributed by atoms with E-state index in [1.54, 1.807) is 6.26 Å². The molecule has 6 aromatic rings. The van der Waals surface area contributed by atoms with Crippen LogP contribution in [0.5, 0.6) is 0 Å². The molecule has 0 fully saturated rings. The number of imidazole rings is 1. The van der Waals surface area contributed by atoms with E-state index in [0.29, 0.717) is 5.84 Å². The minimum Gasteiger partial charge on any atom is -0.432 e. The number of para-hydroxylation sites is 2. The summed E-state index contributed by atoms with van der Waals surface area (Å²) in [5.41, 5.74) is 4.39. The Morgan fingerprint density at radius 1 is 0.704 bits per heavy atom. The van der Waals surface area contributed by atoms with Gasteiger partial charge in [-0.1, -0.05) is 66.7 Å². The Kier molecular flexibility index (Phi) is 2.85. The Morgan fingerprint density at radius 2 is 1.33 bits per heavy atom. The molecule has 3 aromatic carbocycles. The van der Waals surface area contributed by atoms with Gasteiger partial charge in [0.15, 0.2) is 5.82 Å². The van der Waals surface area contributed by atoms with Gasteiger partial charge in [-0.2, -0.15) is 4.98 Å². The van der Waals surface area contributed by atoms with Crippen molar-refractivity contribution in [1.29, 1.82) is 0 Å². The SMILES string of the molecule is c1ccc(-c2c(-n3c4ccccc4c4ccccc43)nc3occn23)cc1. The second-order valence-corrected chi connectivity index (χ2v) is 6.58. The van der Waals surface area contributed by atoms with E-state index in [1.807, 2.05) is 28.8 Å². The predicted octanol–water partition coefficient (Wildman–Crippen LogP) is 5.69. The molecule has 4 heteroatoms. The quantitative estimate of drug-likeness (QED) is 0.402. The van der Waals surface area contributed by atoms with E-state index in [-0.39, 0.29) is 0 Å². The second-order valence-electron chi connectivity index (χ2n) is 6.58.